The Morgan fingerprint density at radius 1 is 1.16 bits per heavy atom. The van der Waals surface area contributed by atoms with Gasteiger partial charge in [-0.1, -0.05) is 13.8 Å². The molecule has 0 aliphatic heterocycles. The zero-order valence-electron chi connectivity index (χ0n) is 16.9. The lowest BCUT2D eigenvalue weighted by Crippen LogP contribution is -2.29. The van der Waals surface area contributed by atoms with Gasteiger partial charge in [-0.2, -0.15) is 0 Å². The number of aromatic nitrogens is 2. The summed E-state index contributed by atoms with van der Waals surface area (Å²) >= 11 is -0.635. The molecule has 1 aromatic heterocycles. The van der Waals surface area contributed by atoms with Crippen LogP contribution in [0.2, 0.25) is 0 Å². The number of hydrogen-bond acceptors (Lipinski definition) is 6. The Morgan fingerprint density at radius 3 is 2.65 bits per heavy atom. The Kier molecular flexibility index (Phi) is 7.79. The molecule has 0 spiro atoms. The summed E-state index contributed by atoms with van der Waals surface area (Å²) in [6.07, 6.45) is 4.04. The number of rotatable bonds is 9. The first kappa shape index (κ1) is 23.4. The molecule has 1 atom stereocenters. The minimum Gasteiger partial charge on any atom is -0.592 e. The Balaban J connectivity index is 2.11. The fourth-order valence-electron chi connectivity index (χ4n) is 2.86. The Labute approximate surface area is 185 Å². The second-order valence-corrected chi connectivity index (χ2v) is 9.30. The predicted molar refractivity (Wildman–Crippen MR) is 118 cm³/mol. The summed E-state index contributed by atoms with van der Waals surface area (Å²) in [7, 11) is 0. The van der Waals surface area contributed by atoms with E-state index in [0.717, 1.165) is 15.7 Å². The monoisotopic (exact) mass is 467 g/mol. The SMILES string of the molecule is CCCSN(c1cc(F)c(F)c(C(=O)c2ccc3ncncc3c2)c1F)[S+]([O-])CCC. The van der Waals surface area contributed by atoms with Crippen molar-refractivity contribution in [1.82, 2.24) is 9.97 Å². The van der Waals surface area contributed by atoms with Crippen LogP contribution in [0.4, 0.5) is 18.9 Å². The van der Waals surface area contributed by atoms with Crippen molar-refractivity contribution in [1.29, 1.82) is 0 Å². The largest absolute Gasteiger partial charge is 0.592 e. The van der Waals surface area contributed by atoms with E-state index in [1.54, 1.807) is 6.92 Å². The van der Waals surface area contributed by atoms with Gasteiger partial charge in [0.2, 0.25) is 0 Å². The van der Waals surface area contributed by atoms with Gasteiger partial charge in [0.1, 0.15) is 17.8 Å². The van der Waals surface area contributed by atoms with Gasteiger partial charge in [0, 0.05) is 40.9 Å². The summed E-state index contributed by atoms with van der Waals surface area (Å²) in [4.78, 5) is 20.9. The van der Waals surface area contributed by atoms with E-state index in [1.165, 1.54) is 30.7 Å². The van der Waals surface area contributed by atoms with E-state index in [-0.39, 0.29) is 11.3 Å². The molecular formula is C21H20F3N3O2S2. The van der Waals surface area contributed by atoms with Gasteiger partial charge >= 0.3 is 0 Å². The molecule has 3 aromatic rings. The molecule has 0 aliphatic rings. The van der Waals surface area contributed by atoms with E-state index in [1.807, 2.05) is 6.92 Å². The second kappa shape index (κ2) is 10.3. The molecule has 0 N–H and O–H groups in total. The first-order valence-corrected chi connectivity index (χ1v) is 11.8. The molecule has 1 unspecified atom stereocenters. The van der Waals surface area contributed by atoms with Crippen LogP contribution in [0, 0.1) is 17.5 Å². The molecule has 0 bridgehead atoms. The third-order valence-corrected chi connectivity index (χ3v) is 7.47. The number of anilines is 1. The lowest BCUT2D eigenvalue weighted by atomic mass is 10.00. The first-order valence-electron chi connectivity index (χ1n) is 9.62. The van der Waals surface area contributed by atoms with Crippen molar-refractivity contribution < 1.29 is 22.5 Å². The molecule has 0 aliphatic carbocycles. The van der Waals surface area contributed by atoms with E-state index < -0.39 is 45.8 Å². The average molecular weight is 468 g/mol. The normalized spacial score (nSPS) is 12.2. The van der Waals surface area contributed by atoms with Gasteiger partial charge in [-0.3, -0.25) is 4.79 Å². The number of benzene rings is 2. The van der Waals surface area contributed by atoms with Crippen LogP contribution in [-0.2, 0) is 11.4 Å². The van der Waals surface area contributed by atoms with Crippen molar-refractivity contribution in [2.75, 3.05) is 15.2 Å². The fourth-order valence-corrected chi connectivity index (χ4v) is 5.27. The average Bonchev–Trinajstić information content (AvgIpc) is 2.77. The van der Waals surface area contributed by atoms with Gasteiger partial charge in [-0.05, 0) is 31.0 Å². The quantitative estimate of drug-likeness (QED) is 0.186. The van der Waals surface area contributed by atoms with Crippen LogP contribution in [0.15, 0.2) is 36.8 Å². The van der Waals surface area contributed by atoms with Crippen molar-refractivity contribution in [2.45, 2.75) is 26.7 Å². The fraction of sp³-hybridized carbons (Fsp3) is 0.286. The van der Waals surface area contributed by atoms with E-state index >= 15 is 4.39 Å². The first-order chi connectivity index (χ1) is 14.9. The van der Waals surface area contributed by atoms with Crippen LogP contribution in [0.5, 0.6) is 0 Å². The summed E-state index contributed by atoms with van der Waals surface area (Å²) in [5.41, 5.74) is -0.943. The summed E-state index contributed by atoms with van der Waals surface area (Å²) in [6, 6.07) is 4.91. The molecule has 0 amide bonds. The maximum Gasteiger partial charge on any atom is 0.199 e. The van der Waals surface area contributed by atoms with Crippen LogP contribution in [-0.4, -0.2) is 31.8 Å². The molecule has 31 heavy (non-hydrogen) atoms. The molecule has 3 rings (SSSR count). The number of ketones is 1. The van der Waals surface area contributed by atoms with Crippen molar-refractivity contribution in [3.63, 3.8) is 0 Å². The number of nitrogens with zero attached hydrogens (tertiary/aromatic N) is 3. The number of hydrogen-bond donors (Lipinski definition) is 0. The third-order valence-electron chi connectivity index (χ3n) is 4.30. The molecule has 2 aromatic carbocycles. The third kappa shape index (κ3) is 4.97. The van der Waals surface area contributed by atoms with Crippen LogP contribution >= 0.6 is 11.9 Å². The lowest BCUT2D eigenvalue weighted by Gasteiger charge is -2.25. The van der Waals surface area contributed by atoms with Gasteiger partial charge in [-0.25, -0.2) is 23.1 Å². The van der Waals surface area contributed by atoms with E-state index in [0.29, 0.717) is 35.6 Å². The molecule has 1 heterocycles. The molecule has 10 heteroatoms. The van der Waals surface area contributed by atoms with E-state index in [2.05, 4.69) is 9.97 Å². The molecule has 0 saturated heterocycles. The van der Waals surface area contributed by atoms with Gasteiger partial charge in [-0.15, -0.1) is 3.71 Å². The topological polar surface area (TPSA) is 69.2 Å². The number of fused-ring (bicyclic) bond motifs is 1. The highest BCUT2D eigenvalue weighted by Crippen LogP contribution is 2.35. The van der Waals surface area contributed by atoms with E-state index in [9.17, 15) is 18.1 Å². The molecule has 5 nitrogen and oxygen atoms in total. The minimum atomic E-state index is -1.68. The minimum absolute atomic E-state index is 0.0425. The highest BCUT2D eigenvalue weighted by Gasteiger charge is 2.32. The predicted octanol–water partition coefficient (Wildman–Crippen LogP) is 5.22. The van der Waals surface area contributed by atoms with Gasteiger partial charge in [0.15, 0.2) is 23.2 Å². The number of carbonyl (C=O) groups excluding carboxylic acids is 1. The summed E-state index contributed by atoms with van der Waals surface area (Å²) in [5, 5.41) is 0.495. The van der Waals surface area contributed by atoms with E-state index in [4.69, 9.17) is 0 Å². The Bertz CT molecular complexity index is 1100. The van der Waals surface area contributed by atoms with Crippen LogP contribution in [0.3, 0.4) is 0 Å². The van der Waals surface area contributed by atoms with Crippen LogP contribution in [0.25, 0.3) is 10.9 Å². The molecule has 0 radical (unpaired) electrons. The van der Waals surface area contributed by atoms with Gasteiger partial charge in [0.25, 0.3) is 0 Å². The standard InChI is InChI=1S/C21H20F3N3O2S2/c1-3-7-30-27(31(29)8-4-2)17-10-15(22)19(23)18(20(17)24)21(28)13-5-6-16-14(9-13)11-25-12-26-16/h5-6,9-12H,3-4,7-8H2,1-2H3. The van der Waals surface area contributed by atoms with Crippen molar-refractivity contribution in [2.24, 2.45) is 0 Å². The summed E-state index contributed by atoms with van der Waals surface area (Å²) in [5.74, 6) is -4.55. The second-order valence-electron chi connectivity index (χ2n) is 6.62. The molecule has 0 fully saturated rings. The number of carbonyl (C=O) groups is 1. The Morgan fingerprint density at radius 2 is 1.94 bits per heavy atom. The molecular weight excluding hydrogens is 447 g/mol. The van der Waals surface area contributed by atoms with Crippen molar-refractivity contribution >= 4 is 45.7 Å². The van der Waals surface area contributed by atoms with Crippen LogP contribution in [0.1, 0.15) is 42.6 Å². The maximum absolute atomic E-state index is 15.4. The van der Waals surface area contributed by atoms with Crippen molar-refractivity contribution in [3.8, 4) is 0 Å². The molecule has 0 saturated carbocycles. The van der Waals surface area contributed by atoms with Gasteiger partial charge < -0.3 is 4.55 Å². The highest BCUT2D eigenvalue weighted by atomic mass is 32.3. The number of halogens is 3. The maximum atomic E-state index is 15.4. The zero-order valence-corrected chi connectivity index (χ0v) is 18.5. The highest BCUT2D eigenvalue weighted by molar-refractivity contribution is 8.14. The Hall–Kier alpha value is -2.30. The van der Waals surface area contributed by atoms with Gasteiger partial charge in [0.05, 0.1) is 22.4 Å². The summed E-state index contributed by atoms with van der Waals surface area (Å²) < 4.78 is 58.2. The smallest absolute Gasteiger partial charge is 0.199 e. The van der Waals surface area contributed by atoms with Crippen molar-refractivity contribution in [3.05, 3.63) is 65.4 Å². The zero-order chi connectivity index (χ0) is 22.5. The summed E-state index contributed by atoms with van der Waals surface area (Å²) in [6.45, 7) is 3.69. The molecule has 164 valence electrons. The lowest BCUT2D eigenvalue weighted by molar-refractivity contribution is 0.103. The van der Waals surface area contributed by atoms with Crippen LogP contribution < -0.4 is 3.71 Å².